The van der Waals surface area contributed by atoms with Gasteiger partial charge in [-0.25, -0.2) is 0 Å². The van der Waals surface area contributed by atoms with Crippen molar-refractivity contribution in [2.45, 2.75) is 39.7 Å². The smallest absolute Gasteiger partial charge is 0.227 e. The monoisotopic (exact) mass is 393 g/mol. The van der Waals surface area contributed by atoms with Crippen molar-refractivity contribution in [3.8, 4) is 17.1 Å². The molecule has 1 atom stereocenters. The molecular weight excluding hydrogens is 366 g/mol. The SMILES string of the molecule is CCOc1ccc(-c2noc(CCC(=O)N(C)C(C)c3ccc(C)cc3)n2)cc1. The van der Waals surface area contributed by atoms with Crippen LogP contribution >= 0.6 is 0 Å². The molecular formula is C23H27N3O3. The molecule has 3 rings (SSSR count). The fraction of sp³-hybridized carbons (Fsp3) is 0.348. The summed E-state index contributed by atoms with van der Waals surface area (Å²) < 4.78 is 10.8. The van der Waals surface area contributed by atoms with Gasteiger partial charge in [0.05, 0.1) is 12.6 Å². The summed E-state index contributed by atoms with van der Waals surface area (Å²) in [7, 11) is 1.83. The first-order chi connectivity index (χ1) is 14.0. The Labute approximate surface area is 171 Å². The summed E-state index contributed by atoms with van der Waals surface area (Å²) in [4.78, 5) is 18.8. The van der Waals surface area contributed by atoms with E-state index in [1.165, 1.54) is 5.56 Å². The fourth-order valence-corrected chi connectivity index (χ4v) is 3.02. The lowest BCUT2D eigenvalue weighted by Crippen LogP contribution is -2.29. The Kier molecular flexibility index (Phi) is 6.65. The van der Waals surface area contributed by atoms with Gasteiger partial charge in [-0.2, -0.15) is 4.98 Å². The molecule has 0 bridgehead atoms. The maximum Gasteiger partial charge on any atom is 0.227 e. The van der Waals surface area contributed by atoms with Gasteiger partial charge in [0, 0.05) is 25.5 Å². The molecule has 1 aromatic heterocycles. The lowest BCUT2D eigenvalue weighted by molar-refractivity contribution is -0.131. The van der Waals surface area contributed by atoms with Crippen LogP contribution in [-0.2, 0) is 11.2 Å². The minimum absolute atomic E-state index is 0.00482. The second-order valence-corrected chi connectivity index (χ2v) is 7.06. The van der Waals surface area contributed by atoms with E-state index in [0.717, 1.165) is 16.9 Å². The Bertz CT molecular complexity index is 933. The highest BCUT2D eigenvalue weighted by molar-refractivity contribution is 5.76. The van der Waals surface area contributed by atoms with Crippen LogP contribution in [-0.4, -0.2) is 34.6 Å². The van der Waals surface area contributed by atoms with E-state index < -0.39 is 0 Å². The van der Waals surface area contributed by atoms with Crippen LogP contribution in [0.25, 0.3) is 11.4 Å². The molecule has 0 saturated heterocycles. The minimum Gasteiger partial charge on any atom is -0.494 e. The van der Waals surface area contributed by atoms with Crippen molar-refractivity contribution in [1.29, 1.82) is 0 Å². The van der Waals surface area contributed by atoms with E-state index in [1.54, 1.807) is 4.90 Å². The summed E-state index contributed by atoms with van der Waals surface area (Å²) in [5.41, 5.74) is 3.16. The average molecular weight is 393 g/mol. The van der Waals surface area contributed by atoms with Crippen LogP contribution in [0.2, 0.25) is 0 Å². The van der Waals surface area contributed by atoms with Crippen molar-refractivity contribution in [3.63, 3.8) is 0 Å². The van der Waals surface area contributed by atoms with Crippen molar-refractivity contribution >= 4 is 5.91 Å². The summed E-state index contributed by atoms with van der Waals surface area (Å²) in [6.07, 6.45) is 0.728. The number of benzene rings is 2. The molecule has 0 aliphatic heterocycles. The zero-order valence-corrected chi connectivity index (χ0v) is 17.4. The van der Waals surface area contributed by atoms with Crippen molar-refractivity contribution in [2.24, 2.45) is 0 Å². The lowest BCUT2D eigenvalue weighted by Gasteiger charge is -2.25. The van der Waals surface area contributed by atoms with Gasteiger partial charge >= 0.3 is 0 Å². The number of amides is 1. The number of nitrogens with zero attached hydrogens (tertiary/aromatic N) is 3. The number of rotatable bonds is 8. The highest BCUT2D eigenvalue weighted by Gasteiger charge is 2.18. The third kappa shape index (κ3) is 5.22. The molecule has 0 aliphatic rings. The van der Waals surface area contributed by atoms with Crippen LogP contribution in [0.3, 0.4) is 0 Å². The molecule has 0 radical (unpaired) electrons. The summed E-state index contributed by atoms with van der Waals surface area (Å²) in [5.74, 6) is 1.81. The highest BCUT2D eigenvalue weighted by atomic mass is 16.5. The topological polar surface area (TPSA) is 68.5 Å². The van der Waals surface area contributed by atoms with Crippen molar-refractivity contribution in [1.82, 2.24) is 15.0 Å². The Hall–Kier alpha value is -3.15. The summed E-state index contributed by atoms with van der Waals surface area (Å²) >= 11 is 0. The number of aromatic nitrogens is 2. The molecule has 0 fully saturated rings. The Balaban J connectivity index is 1.57. The maximum absolute atomic E-state index is 12.6. The van der Waals surface area contributed by atoms with Crippen LogP contribution in [0, 0.1) is 6.92 Å². The van der Waals surface area contributed by atoms with Gasteiger partial charge in [-0.05, 0) is 50.6 Å². The Morgan fingerprint density at radius 2 is 1.83 bits per heavy atom. The van der Waals surface area contributed by atoms with Gasteiger partial charge in [0.15, 0.2) is 0 Å². The van der Waals surface area contributed by atoms with E-state index in [0.29, 0.717) is 31.2 Å². The van der Waals surface area contributed by atoms with Crippen LogP contribution < -0.4 is 4.74 Å². The predicted octanol–water partition coefficient (Wildman–Crippen LogP) is 4.60. The standard InChI is InChI=1S/C23H27N3O3/c1-5-28-20-12-10-19(11-13-20)23-24-21(29-25-23)14-15-22(27)26(4)17(3)18-8-6-16(2)7-9-18/h6-13,17H,5,14-15H2,1-4H3. The average Bonchev–Trinajstić information content (AvgIpc) is 3.21. The number of hydrogen-bond acceptors (Lipinski definition) is 5. The van der Waals surface area contributed by atoms with Crippen molar-refractivity contribution in [2.75, 3.05) is 13.7 Å². The summed E-state index contributed by atoms with van der Waals surface area (Å²) in [6, 6.07) is 15.8. The number of carbonyl (C=O) groups excluding carboxylic acids is 1. The molecule has 1 amide bonds. The van der Waals surface area contributed by atoms with E-state index >= 15 is 0 Å². The largest absolute Gasteiger partial charge is 0.494 e. The molecule has 6 nitrogen and oxygen atoms in total. The number of carbonyl (C=O) groups is 1. The second kappa shape index (κ2) is 9.37. The van der Waals surface area contributed by atoms with Crippen LogP contribution in [0.1, 0.15) is 43.3 Å². The fourth-order valence-electron chi connectivity index (χ4n) is 3.02. The first-order valence-electron chi connectivity index (χ1n) is 9.86. The number of ether oxygens (including phenoxy) is 1. The van der Waals surface area contributed by atoms with Crippen molar-refractivity contribution in [3.05, 3.63) is 65.5 Å². The summed E-state index contributed by atoms with van der Waals surface area (Å²) in [6.45, 7) is 6.64. The van der Waals surface area contributed by atoms with Crippen LogP contribution in [0.4, 0.5) is 0 Å². The van der Waals surface area contributed by atoms with Gasteiger partial charge in [-0.1, -0.05) is 35.0 Å². The highest BCUT2D eigenvalue weighted by Crippen LogP contribution is 2.22. The Morgan fingerprint density at radius 1 is 1.14 bits per heavy atom. The van der Waals surface area contributed by atoms with Gasteiger partial charge in [0.1, 0.15) is 5.75 Å². The zero-order valence-electron chi connectivity index (χ0n) is 17.4. The van der Waals surface area contributed by atoms with Gasteiger partial charge < -0.3 is 14.2 Å². The molecule has 2 aromatic carbocycles. The Morgan fingerprint density at radius 3 is 2.48 bits per heavy atom. The molecule has 0 N–H and O–H groups in total. The van der Waals surface area contributed by atoms with Crippen LogP contribution in [0.15, 0.2) is 53.1 Å². The number of aryl methyl sites for hydroxylation is 2. The molecule has 6 heteroatoms. The molecule has 1 unspecified atom stereocenters. The third-order valence-corrected chi connectivity index (χ3v) is 4.98. The quantitative estimate of drug-likeness (QED) is 0.560. The van der Waals surface area contributed by atoms with Gasteiger partial charge in [0.2, 0.25) is 17.6 Å². The molecule has 3 aromatic rings. The van der Waals surface area contributed by atoms with Crippen molar-refractivity contribution < 1.29 is 14.1 Å². The summed E-state index contributed by atoms with van der Waals surface area (Å²) in [5, 5.41) is 4.02. The van der Waals surface area contributed by atoms with Gasteiger partial charge in [-0.3, -0.25) is 4.79 Å². The molecule has 0 spiro atoms. The first-order valence-corrected chi connectivity index (χ1v) is 9.86. The zero-order chi connectivity index (χ0) is 20.8. The number of hydrogen-bond donors (Lipinski definition) is 0. The van der Waals surface area contributed by atoms with Crippen LogP contribution in [0.5, 0.6) is 5.75 Å². The molecule has 1 heterocycles. The van der Waals surface area contributed by atoms with Gasteiger partial charge in [0.25, 0.3) is 0 Å². The lowest BCUT2D eigenvalue weighted by atomic mass is 10.1. The minimum atomic E-state index is 0.00482. The van der Waals surface area contributed by atoms with Gasteiger partial charge in [-0.15, -0.1) is 0 Å². The molecule has 0 saturated carbocycles. The maximum atomic E-state index is 12.6. The van der Waals surface area contributed by atoms with E-state index in [9.17, 15) is 4.79 Å². The second-order valence-electron chi connectivity index (χ2n) is 7.06. The van der Waals surface area contributed by atoms with E-state index in [1.807, 2.05) is 45.2 Å². The van der Waals surface area contributed by atoms with E-state index in [2.05, 4.69) is 41.3 Å². The molecule has 0 aliphatic carbocycles. The van der Waals surface area contributed by atoms with E-state index in [4.69, 9.17) is 9.26 Å². The molecule has 29 heavy (non-hydrogen) atoms. The normalized spacial score (nSPS) is 11.9. The molecule has 152 valence electrons. The van der Waals surface area contributed by atoms with E-state index in [-0.39, 0.29) is 11.9 Å². The predicted molar refractivity (Wildman–Crippen MR) is 112 cm³/mol. The first kappa shape index (κ1) is 20.6. The third-order valence-electron chi connectivity index (χ3n) is 4.98.